The van der Waals surface area contributed by atoms with Crippen molar-refractivity contribution < 1.29 is 0 Å². The van der Waals surface area contributed by atoms with Crippen molar-refractivity contribution in [2.75, 3.05) is 25.9 Å². The third-order valence-electron chi connectivity index (χ3n) is 5.10. The summed E-state index contributed by atoms with van der Waals surface area (Å²) in [6.07, 6.45) is 1.45. The maximum absolute atomic E-state index is 9.54. The van der Waals surface area contributed by atoms with Gasteiger partial charge in [-0.15, -0.1) is 35.3 Å². The van der Waals surface area contributed by atoms with Crippen LogP contribution in [0, 0.1) is 11.3 Å². The first-order valence-corrected chi connectivity index (χ1v) is 11.2. The van der Waals surface area contributed by atoms with Gasteiger partial charge in [0.2, 0.25) is 0 Å². The van der Waals surface area contributed by atoms with Gasteiger partial charge in [0, 0.05) is 30.4 Å². The molecule has 2 heterocycles. The Labute approximate surface area is 210 Å². The molecule has 0 unspecified atom stereocenters. The molecular formula is C23H30IN7S. The summed E-state index contributed by atoms with van der Waals surface area (Å²) in [7, 11) is 1.77. The number of para-hydroxylation sites is 1. The van der Waals surface area contributed by atoms with Gasteiger partial charge in [0.25, 0.3) is 0 Å². The topological polar surface area (TPSA) is 104 Å². The Morgan fingerprint density at radius 2 is 1.97 bits per heavy atom. The summed E-state index contributed by atoms with van der Waals surface area (Å²) in [5.41, 5.74) is 8.21. The van der Waals surface area contributed by atoms with Crippen molar-refractivity contribution in [2.45, 2.75) is 32.1 Å². The first-order chi connectivity index (χ1) is 15.0. The molecule has 3 rings (SSSR count). The zero-order chi connectivity index (χ0) is 22.3. The zero-order valence-corrected chi connectivity index (χ0v) is 21.8. The second kappa shape index (κ2) is 11.9. The first-order valence-electron chi connectivity index (χ1n) is 10.3. The van der Waals surface area contributed by atoms with Crippen LogP contribution in [-0.4, -0.2) is 35.9 Å². The number of aromatic nitrogens is 2. The number of nitrogens with two attached hydrogens (primary N) is 1. The number of guanidine groups is 1. The van der Waals surface area contributed by atoms with Crippen molar-refractivity contribution in [3.8, 4) is 11.8 Å². The van der Waals surface area contributed by atoms with E-state index in [9.17, 15) is 5.26 Å². The minimum Gasteiger partial charge on any atom is -0.382 e. The van der Waals surface area contributed by atoms with E-state index in [1.165, 1.54) is 4.88 Å². The predicted molar refractivity (Wildman–Crippen MR) is 143 cm³/mol. The van der Waals surface area contributed by atoms with E-state index in [-0.39, 0.29) is 29.4 Å². The van der Waals surface area contributed by atoms with E-state index >= 15 is 0 Å². The number of halogens is 1. The van der Waals surface area contributed by atoms with Gasteiger partial charge in [-0.05, 0) is 36.4 Å². The predicted octanol–water partition coefficient (Wildman–Crippen LogP) is 4.08. The van der Waals surface area contributed by atoms with Gasteiger partial charge in [-0.2, -0.15) is 10.4 Å². The Balaban J connectivity index is 0.00000363. The zero-order valence-electron chi connectivity index (χ0n) is 18.6. The highest BCUT2D eigenvalue weighted by molar-refractivity contribution is 14.0. The van der Waals surface area contributed by atoms with E-state index < -0.39 is 0 Å². The van der Waals surface area contributed by atoms with Crippen molar-refractivity contribution in [1.29, 1.82) is 5.26 Å². The number of hydrogen-bond donors (Lipinski definition) is 3. The molecule has 0 saturated carbocycles. The second-order valence-electron chi connectivity index (χ2n) is 7.88. The number of nitrogens with zero attached hydrogens (tertiary/aromatic N) is 4. The molecule has 3 aromatic rings. The lowest BCUT2D eigenvalue weighted by atomic mass is 9.91. The average Bonchev–Trinajstić information content (AvgIpc) is 3.42. The molecule has 4 N–H and O–H groups in total. The van der Waals surface area contributed by atoms with E-state index in [1.807, 2.05) is 30.3 Å². The molecule has 2 aromatic heterocycles. The van der Waals surface area contributed by atoms with E-state index in [0.717, 1.165) is 24.6 Å². The molecule has 32 heavy (non-hydrogen) atoms. The Hall–Kier alpha value is -2.58. The Bertz CT molecular complexity index is 1050. The van der Waals surface area contributed by atoms with E-state index in [4.69, 9.17) is 5.73 Å². The highest BCUT2D eigenvalue weighted by Gasteiger charge is 2.22. The van der Waals surface area contributed by atoms with Gasteiger partial charge in [0.15, 0.2) is 5.96 Å². The average molecular weight is 564 g/mol. The van der Waals surface area contributed by atoms with Crippen LogP contribution >= 0.6 is 35.3 Å². The quantitative estimate of drug-likeness (QED) is 0.166. The van der Waals surface area contributed by atoms with Crippen molar-refractivity contribution in [3.63, 3.8) is 0 Å². The van der Waals surface area contributed by atoms with Crippen LogP contribution in [0.4, 0.5) is 5.82 Å². The summed E-state index contributed by atoms with van der Waals surface area (Å²) in [5, 5.41) is 23.0. The van der Waals surface area contributed by atoms with Gasteiger partial charge in [-0.25, -0.2) is 4.68 Å². The number of benzene rings is 1. The summed E-state index contributed by atoms with van der Waals surface area (Å²) in [4.78, 5) is 5.65. The van der Waals surface area contributed by atoms with Crippen LogP contribution in [0.5, 0.6) is 0 Å². The van der Waals surface area contributed by atoms with Crippen molar-refractivity contribution in [3.05, 3.63) is 64.0 Å². The van der Waals surface area contributed by atoms with Crippen LogP contribution in [0.15, 0.2) is 52.8 Å². The maximum Gasteiger partial charge on any atom is 0.191 e. The number of rotatable bonds is 8. The lowest BCUT2D eigenvalue weighted by molar-refractivity contribution is 0.518. The molecule has 1 aromatic carbocycles. The number of nitrogens with one attached hydrogen (secondary N) is 2. The number of hydrogen-bond acceptors (Lipinski definition) is 5. The molecule has 0 aliphatic carbocycles. The Morgan fingerprint density at radius 1 is 1.22 bits per heavy atom. The SMILES string of the molecule is CN=C(NCCCc1nn(-c2ccccc2)c(N)c1C#N)NCC(C)(C)c1cccs1.I. The minimum absolute atomic E-state index is 0. The van der Waals surface area contributed by atoms with Crippen molar-refractivity contribution in [2.24, 2.45) is 4.99 Å². The van der Waals surface area contributed by atoms with Gasteiger partial charge in [-0.3, -0.25) is 4.99 Å². The number of nitriles is 1. The van der Waals surface area contributed by atoms with E-state index in [0.29, 0.717) is 30.0 Å². The molecule has 0 aliphatic heterocycles. The highest BCUT2D eigenvalue weighted by Crippen LogP contribution is 2.26. The normalized spacial score (nSPS) is 11.5. The molecule has 0 amide bonds. The Morgan fingerprint density at radius 3 is 2.59 bits per heavy atom. The number of anilines is 1. The molecule has 170 valence electrons. The van der Waals surface area contributed by atoms with E-state index in [2.05, 4.69) is 58.2 Å². The highest BCUT2D eigenvalue weighted by atomic mass is 127. The molecule has 0 bridgehead atoms. The second-order valence-corrected chi connectivity index (χ2v) is 8.83. The molecule has 0 saturated heterocycles. The third-order valence-corrected chi connectivity index (χ3v) is 6.33. The summed E-state index contributed by atoms with van der Waals surface area (Å²) >= 11 is 1.77. The van der Waals surface area contributed by atoms with Gasteiger partial charge in [0.05, 0.1) is 11.4 Å². The summed E-state index contributed by atoms with van der Waals surface area (Å²) in [6, 6.07) is 16.1. The monoisotopic (exact) mass is 563 g/mol. The van der Waals surface area contributed by atoms with E-state index in [1.54, 1.807) is 23.1 Å². The number of nitrogen functional groups attached to an aromatic ring is 1. The Kier molecular flexibility index (Phi) is 9.53. The van der Waals surface area contributed by atoms with Crippen LogP contribution in [0.25, 0.3) is 5.69 Å². The smallest absolute Gasteiger partial charge is 0.191 e. The van der Waals surface area contributed by atoms with Gasteiger partial charge in [0.1, 0.15) is 17.5 Å². The van der Waals surface area contributed by atoms with Crippen LogP contribution in [-0.2, 0) is 11.8 Å². The maximum atomic E-state index is 9.54. The lowest BCUT2D eigenvalue weighted by Crippen LogP contribution is -2.43. The molecule has 0 radical (unpaired) electrons. The van der Waals surface area contributed by atoms with Crippen LogP contribution in [0.1, 0.15) is 36.4 Å². The largest absolute Gasteiger partial charge is 0.382 e. The molecule has 7 nitrogen and oxygen atoms in total. The molecule has 0 spiro atoms. The fraction of sp³-hybridized carbons (Fsp3) is 0.348. The fourth-order valence-corrected chi connectivity index (χ4v) is 4.13. The van der Waals surface area contributed by atoms with Gasteiger partial charge < -0.3 is 16.4 Å². The number of thiophene rings is 1. The summed E-state index contributed by atoms with van der Waals surface area (Å²) in [5.74, 6) is 1.14. The standard InChI is InChI=1S/C23H29N7S.HI/c1-23(2,20-12-8-14-31-20)16-28-22(26-3)27-13-7-11-19-18(15-24)21(25)30(29-19)17-9-5-4-6-10-17;/h4-6,8-10,12,14H,7,11,13,16,25H2,1-3H3,(H2,26,27,28);1H. The minimum atomic E-state index is 0. The molecule has 0 atom stereocenters. The fourth-order valence-electron chi connectivity index (χ4n) is 3.28. The van der Waals surface area contributed by atoms with Crippen LogP contribution < -0.4 is 16.4 Å². The summed E-state index contributed by atoms with van der Waals surface area (Å²) in [6.45, 7) is 5.93. The molecular weight excluding hydrogens is 533 g/mol. The van der Waals surface area contributed by atoms with Gasteiger partial charge >= 0.3 is 0 Å². The number of aliphatic imine (C=N–C) groups is 1. The molecule has 0 fully saturated rings. The molecule has 0 aliphatic rings. The summed E-state index contributed by atoms with van der Waals surface area (Å²) < 4.78 is 1.63. The van der Waals surface area contributed by atoms with Gasteiger partial charge in [-0.1, -0.05) is 38.1 Å². The van der Waals surface area contributed by atoms with Crippen LogP contribution in [0.2, 0.25) is 0 Å². The third kappa shape index (κ3) is 6.23. The number of aryl methyl sites for hydroxylation is 1. The van der Waals surface area contributed by atoms with Crippen LogP contribution in [0.3, 0.4) is 0 Å². The molecule has 9 heteroatoms. The van der Waals surface area contributed by atoms with Crippen molar-refractivity contribution >= 4 is 47.1 Å². The van der Waals surface area contributed by atoms with Crippen molar-refractivity contribution in [1.82, 2.24) is 20.4 Å². The first kappa shape index (κ1) is 25.7. The lowest BCUT2D eigenvalue weighted by Gasteiger charge is -2.25.